The highest BCUT2D eigenvalue weighted by atomic mass is 16.3. The van der Waals surface area contributed by atoms with Crippen molar-refractivity contribution in [2.45, 2.75) is 44.2 Å². The molecule has 0 spiro atoms. The van der Waals surface area contributed by atoms with E-state index in [4.69, 9.17) is 5.73 Å². The van der Waals surface area contributed by atoms with E-state index < -0.39 is 58.0 Å². The summed E-state index contributed by atoms with van der Waals surface area (Å²) in [5, 5.41) is 44.9. The lowest BCUT2D eigenvalue weighted by molar-refractivity contribution is -0.153. The number of carbonyl (C=O) groups excluding carboxylic acids is 3. The topological polar surface area (TPSA) is 161 Å². The monoisotopic (exact) mass is 532 g/mol. The summed E-state index contributed by atoms with van der Waals surface area (Å²) in [7, 11) is 3.15. The van der Waals surface area contributed by atoms with Gasteiger partial charge < -0.3 is 26.2 Å². The van der Waals surface area contributed by atoms with Crippen LogP contribution < -0.4 is 5.73 Å². The number of primary amides is 1. The number of aliphatic hydroxyl groups is 3. The molecule has 2 aromatic rings. The Hall–Kier alpha value is -3.95. The minimum Gasteiger partial charge on any atom is -0.508 e. The summed E-state index contributed by atoms with van der Waals surface area (Å²) in [6.07, 6.45) is 0.289. The largest absolute Gasteiger partial charge is 0.508 e. The number of phenols is 1. The van der Waals surface area contributed by atoms with E-state index in [9.17, 15) is 34.8 Å². The van der Waals surface area contributed by atoms with Crippen LogP contribution in [0, 0.1) is 11.8 Å². The van der Waals surface area contributed by atoms with Gasteiger partial charge in [-0.15, -0.1) is 0 Å². The zero-order chi connectivity index (χ0) is 28.5. The van der Waals surface area contributed by atoms with Gasteiger partial charge in [-0.1, -0.05) is 44.2 Å². The third-order valence-electron chi connectivity index (χ3n) is 8.47. The molecule has 0 aromatic heterocycles. The van der Waals surface area contributed by atoms with Gasteiger partial charge >= 0.3 is 0 Å². The molecule has 0 bridgehead atoms. The highest BCUT2D eigenvalue weighted by Gasteiger charge is 2.64. The first-order valence-electron chi connectivity index (χ1n) is 12.9. The van der Waals surface area contributed by atoms with Crippen LogP contribution in [0.15, 0.2) is 53.3 Å². The summed E-state index contributed by atoms with van der Waals surface area (Å²) in [5.74, 6) is -6.33. The van der Waals surface area contributed by atoms with Crippen molar-refractivity contribution in [1.82, 2.24) is 4.90 Å². The van der Waals surface area contributed by atoms with Gasteiger partial charge in [0.1, 0.15) is 22.8 Å². The first-order chi connectivity index (χ1) is 18.3. The average Bonchev–Trinajstić information content (AvgIpc) is 2.86. The van der Waals surface area contributed by atoms with Crippen molar-refractivity contribution in [3.8, 4) is 16.9 Å². The molecule has 3 aliphatic carbocycles. The van der Waals surface area contributed by atoms with Crippen molar-refractivity contribution in [1.29, 1.82) is 0 Å². The van der Waals surface area contributed by atoms with Gasteiger partial charge in [0.15, 0.2) is 11.4 Å². The number of nitrogens with two attached hydrogens (primary N) is 1. The van der Waals surface area contributed by atoms with Gasteiger partial charge in [-0.25, -0.2) is 0 Å². The minimum atomic E-state index is -2.65. The molecule has 5 rings (SSSR count). The number of ketones is 2. The second-order valence-corrected chi connectivity index (χ2v) is 11.2. The van der Waals surface area contributed by atoms with E-state index in [0.717, 1.165) is 16.7 Å². The van der Waals surface area contributed by atoms with E-state index in [2.05, 4.69) is 19.9 Å². The van der Waals surface area contributed by atoms with Crippen molar-refractivity contribution < 1.29 is 34.8 Å². The molecule has 0 saturated heterocycles. The van der Waals surface area contributed by atoms with E-state index in [1.807, 2.05) is 18.2 Å². The van der Waals surface area contributed by atoms with E-state index in [0.29, 0.717) is 5.56 Å². The van der Waals surface area contributed by atoms with Crippen molar-refractivity contribution in [2.75, 3.05) is 14.1 Å². The standard InChI is InChI=1S/C30H32N2O7/c1-13(2)14-6-5-7-15(10-14)17-8-9-20(33)22-18(17)11-16-12-19-24(32(3)4)26(35)23(29(31)38)28(37)30(19,39)27(36)21(16)25(22)34/h5-10,13,16,19,24,33-34,37,39H,11-12H2,1-4H3,(H2,31,38)/t16-,19-,24+,30+/m1/s1. The number of benzene rings is 2. The van der Waals surface area contributed by atoms with Crippen LogP contribution >= 0.6 is 0 Å². The molecule has 0 heterocycles. The van der Waals surface area contributed by atoms with Crippen LogP contribution in [0.4, 0.5) is 0 Å². The summed E-state index contributed by atoms with van der Waals surface area (Å²) < 4.78 is 0. The summed E-state index contributed by atoms with van der Waals surface area (Å²) in [6, 6.07) is 10.1. The number of aromatic hydroxyl groups is 1. The molecule has 9 heteroatoms. The molecule has 6 N–H and O–H groups in total. The number of amides is 1. The van der Waals surface area contributed by atoms with Gasteiger partial charge in [0, 0.05) is 11.5 Å². The third-order valence-corrected chi connectivity index (χ3v) is 8.47. The predicted octanol–water partition coefficient (Wildman–Crippen LogP) is 2.75. The fourth-order valence-corrected chi connectivity index (χ4v) is 6.58. The first-order valence-corrected chi connectivity index (χ1v) is 12.9. The lowest BCUT2D eigenvalue weighted by Crippen LogP contribution is -2.65. The number of Topliss-reactive ketones (excluding diaryl/α,β-unsaturated/α-hetero) is 2. The minimum absolute atomic E-state index is 0.0485. The maximum absolute atomic E-state index is 13.9. The molecule has 1 fully saturated rings. The number of aliphatic hydroxyl groups excluding tert-OH is 2. The lowest BCUT2D eigenvalue weighted by atomic mass is 9.57. The van der Waals surface area contributed by atoms with E-state index in [1.165, 1.54) is 11.0 Å². The van der Waals surface area contributed by atoms with Gasteiger partial charge in [0.25, 0.3) is 5.91 Å². The van der Waals surface area contributed by atoms with Gasteiger partial charge in [0.2, 0.25) is 5.78 Å². The second-order valence-electron chi connectivity index (χ2n) is 11.2. The fourth-order valence-electron chi connectivity index (χ4n) is 6.58. The number of carbonyl (C=O) groups is 3. The molecule has 0 unspecified atom stereocenters. The summed E-state index contributed by atoms with van der Waals surface area (Å²) in [5.41, 5.74) is 5.24. The Morgan fingerprint density at radius 1 is 1.10 bits per heavy atom. The van der Waals surface area contributed by atoms with Crippen LogP contribution in [0.5, 0.6) is 5.75 Å². The Balaban J connectivity index is 1.73. The van der Waals surface area contributed by atoms with Gasteiger partial charge in [-0.3, -0.25) is 19.3 Å². The molecular formula is C30H32N2O7. The van der Waals surface area contributed by atoms with Gasteiger partial charge in [-0.2, -0.15) is 0 Å². The molecule has 9 nitrogen and oxygen atoms in total. The number of fused-ring (bicyclic) bond motifs is 3. The predicted molar refractivity (Wildman–Crippen MR) is 144 cm³/mol. The van der Waals surface area contributed by atoms with Crippen LogP contribution in [0.3, 0.4) is 0 Å². The summed E-state index contributed by atoms with van der Waals surface area (Å²) >= 11 is 0. The summed E-state index contributed by atoms with van der Waals surface area (Å²) in [4.78, 5) is 40.8. The SMILES string of the molecule is CC(C)c1cccc(-c2ccc(O)c3c2C[C@@H]2C[C@@H]4[C@H](N(C)C)C(=O)C(C(N)=O)=C(O)[C@@]4(O)C(=O)C2=C3O)c1. The molecule has 39 heavy (non-hydrogen) atoms. The quantitative estimate of drug-likeness (QED) is 0.376. The Morgan fingerprint density at radius 3 is 2.41 bits per heavy atom. The van der Waals surface area contributed by atoms with Crippen LogP contribution in [-0.4, -0.2) is 68.5 Å². The molecule has 4 atom stereocenters. The molecule has 2 aromatic carbocycles. The van der Waals surface area contributed by atoms with Crippen molar-refractivity contribution >= 4 is 23.2 Å². The van der Waals surface area contributed by atoms with E-state index in [1.54, 1.807) is 20.2 Å². The van der Waals surface area contributed by atoms with Gasteiger partial charge in [-0.05, 0) is 67.1 Å². The van der Waals surface area contributed by atoms with Crippen molar-refractivity contribution in [2.24, 2.45) is 17.6 Å². The van der Waals surface area contributed by atoms with Crippen molar-refractivity contribution in [3.63, 3.8) is 0 Å². The average molecular weight is 533 g/mol. The number of nitrogens with zero attached hydrogens (tertiary/aromatic N) is 1. The van der Waals surface area contributed by atoms with E-state index in [-0.39, 0.29) is 35.6 Å². The smallest absolute Gasteiger partial charge is 0.255 e. The maximum Gasteiger partial charge on any atom is 0.255 e. The molecule has 3 aliphatic rings. The molecule has 204 valence electrons. The van der Waals surface area contributed by atoms with Crippen LogP contribution in [0.1, 0.15) is 42.9 Å². The Labute approximate surface area is 225 Å². The number of hydrogen-bond acceptors (Lipinski definition) is 8. The maximum atomic E-state index is 13.9. The number of likely N-dealkylation sites (N-methyl/N-ethyl adjacent to an activating group) is 1. The van der Waals surface area contributed by atoms with Crippen LogP contribution in [0.2, 0.25) is 0 Å². The number of hydrogen-bond donors (Lipinski definition) is 5. The molecule has 1 amide bonds. The van der Waals surface area contributed by atoms with Crippen LogP contribution in [0.25, 0.3) is 16.9 Å². The molecule has 0 aliphatic heterocycles. The number of phenolic OH excluding ortho intramolecular Hbond substituents is 1. The third kappa shape index (κ3) is 3.71. The molecular weight excluding hydrogens is 500 g/mol. The number of rotatable bonds is 4. The Bertz CT molecular complexity index is 1500. The highest BCUT2D eigenvalue weighted by Crippen LogP contribution is 2.53. The second kappa shape index (κ2) is 9.07. The van der Waals surface area contributed by atoms with Crippen LogP contribution in [-0.2, 0) is 20.8 Å². The zero-order valence-electron chi connectivity index (χ0n) is 22.2. The Morgan fingerprint density at radius 2 is 1.79 bits per heavy atom. The molecule has 1 saturated carbocycles. The van der Waals surface area contributed by atoms with E-state index >= 15 is 0 Å². The normalized spacial score (nSPS) is 26.6. The lowest BCUT2D eigenvalue weighted by Gasteiger charge is -2.50. The highest BCUT2D eigenvalue weighted by molar-refractivity contribution is 6.24. The zero-order valence-corrected chi connectivity index (χ0v) is 22.2. The first kappa shape index (κ1) is 26.6. The van der Waals surface area contributed by atoms with Crippen molar-refractivity contribution in [3.05, 3.63) is 70.0 Å². The summed E-state index contributed by atoms with van der Waals surface area (Å²) in [6.45, 7) is 4.17. The Kier molecular flexibility index (Phi) is 6.19. The molecule has 0 radical (unpaired) electrons. The fraction of sp³-hybridized carbons (Fsp3) is 0.367. The van der Waals surface area contributed by atoms with Gasteiger partial charge in [0.05, 0.1) is 11.6 Å².